The summed E-state index contributed by atoms with van der Waals surface area (Å²) in [5.74, 6) is 0.143. The lowest BCUT2D eigenvalue weighted by molar-refractivity contribution is 0.0917. The molecule has 1 saturated heterocycles. The van der Waals surface area contributed by atoms with Crippen molar-refractivity contribution in [2.24, 2.45) is 18.7 Å². The van der Waals surface area contributed by atoms with Crippen LogP contribution in [0.3, 0.4) is 0 Å². The van der Waals surface area contributed by atoms with Gasteiger partial charge in [0.2, 0.25) is 10.0 Å². The Balaban J connectivity index is 0.00000261. The van der Waals surface area contributed by atoms with Crippen molar-refractivity contribution >= 4 is 28.3 Å². The van der Waals surface area contributed by atoms with E-state index in [1.54, 1.807) is 22.1 Å². The maximum Gasteiger partial charge on any atom is 0.268 e. The third kappa shape index (κ3) is 5.04. The minimum absolute atomic E-state index is 0. The highest BCUT2D eigenvalue weighted by molar-refractivity contribution is 7.89. The van der Waals surface area contributed by atoms with Crippen LogP contribution in [0.25, 0.3) is 0 Å². The van der Waals surface area contributed by atoms with Gasteiger partial charge in [0.1, 0.15) is 10.6 Å². The molecule has 1 aliphatic carbocycles. The fraction of sp³-hybridized carbons (Fsp3) is 0.722. The van der Waals surface area contributed by atoms with Gasteiger partial charge in [-0.25, -0.2) is 8.42 Å². The molecule has 7 nitrogen and oxygen atoms in total. The van der Waals surface area contributed by atoms with Gasteiger partial charge in [-0.2, -0.15) is 4.31 Å². The number of amides is 1. The molecule has 154 valence electrons. The third-order valence-electron chi connectivity index (χ3n) is 5.58. The molecule has 3 N–H and O–H groups in total. The van der Waals surface area contributed by atoms with Gasteiger partial charge in [-0.05, 0) is 50.5 Å². The van der Waals surface area contributed by atoms with Gasteiger partial charge < -0.3 is 15.6 Å². The summed E-state index contributed by atoms with van der Waals surface area (Å²) in [6, 6.07) is 1.83. The molecule has 2 heterocycles. The molecule has 2 fully saturated rings. The zero-order valence-electron chi connectivity index (χ0n) is 16.1. The van der Waals surface area contributed by atoms with E-state index in [0.29, 0.717) is 24.7 Å². The number of nitrogens with one attached hydrogen (secondary N) is 1. The van der Waals surface area contributed by atoms with E-state index in [-0.39, 0.29) is 35.3 Å². The number of halogens is 1. The van der Waals surface area contributed by atoms with Gasteiger partial charge in [-0.3, -0.25) is 4.79 Å². The van der Waals surface area contributed by atoms with Gasteiger partial charge >= 0.3 is 0 Å². The first-order valence-electron chi connectivity index (χ1n) is 9.50. The Kier molecular flexibility index (Phi) is 7.35. The summed E-state index contributed by atoms with van der Waals surface area (Å²) >= 11 is 0. The summed E-state index contributed by atoms with van der Waals surface area (Å²) < 4.78 is 29.0. The standard InChI is InChI=1S/C18H30N4O3S.ClH/c1-13-4-3-9-22(11-13)26(24,25)16-10-17(21(2)12-16)18(23)20-15-7-5-14(19)6-8-15;/h10,12-15H,3-9,11,19H2,1-2H3,(H,20,23);1H. The van der Waals surface area contributed by atoms with E-state index < -0.39 is 10.0 Å². The zero-order valence-corrected chi connectivity index (χ0v) is 17.7. The number of carbonyl (C=O) groups excluding carboxylic acids is 1. The van der Waals surface area contributed by atoms with Crippen molar-refractivity contribution in [3.63, 3.8) is 0 Å². The molecule has 1 aliphatic heterocycles. The quantitative estimate of drug-likeness (QED) is 0.779. The fourth-order valence-corrected chi connectivity index (χ4v) is 5.61. The molecule has 1 unspecified atom stereocenters. The first-order valence-corrected chi connectivity index (χ1v) is 10.9. The fourth-order valence-electron chi connectivity index (χ4n) is 3.94. The van der Waals surface area contributed by atoms with Crippen molar-refractivity contribution in [1.82, 2.24) is 14.2 Å². The number of hydrogen-bond donors (Lipinski definition) is 2. The maximum absolute atomic E-state index is 12.9. The summed E-state index contributed by atoms with van der Waals surface area (Å²) in [5.41, 5.74) is 6.28. The first-order chi connectivity index (χ1) is 12.3. The second kappa shape index (κ2) is 8.94. The second-order valence-corrected chi connectivity index (χ2v) is 9.81. The van der Waals surface area contributed by atoms with Crippen LogP contribution in [0.4, 0.5) is 0 Å². The molecule has 3 rings (SSSR count). The highest BCUT2D eigenvalue weighted by Crippen LogP contribution is 2.25. The van der Waals surface area contributed by atoms with Gasteiger partial charge in [0.15, 0.2) is 0 Å². The molecule has 1 atom stereocenters. The number of rotatable bonds is 4. The largest absolute Gasteiger partial charge is 0.348 e. The highest BCUT2D eigenvalue weighted by atomic mass is 35.5. The Morgan fingerprint density at radius 3 is 2.52 bits per heavy atom. The van der Waals surface area contributed by atoms with Crippen LogP contribution in [-0.4, -0.2) is 48.4 Å². The van der Waals surface area contributed by atoms with Gasteiger partial charge in [0, 0.05) is 38.4 Å². The molecule has 0 radical (unpaired) electrons. The Morgan fingerprint density at radius 1 is 1.22 bits per heavy atom. The Hall–Kier alpha value is -1.09. The lowest BCUT2D eigenvalue weighted by Gasteiger charge is -2.29. The summed E-state index contributed by atoms with van der Waals surface area (Å²) in [6.45, 7) is 3.16. The molecule has 0 bridgehead atoms. The first kappa shape index (κ1) is 22.2. The maximum atomic E-state index is 12.9. The van der Waals surface area contributed by atoms with Crippen LogP contribution < -0.4 is 11.1 Å². The minimum Gasteiger partial charge on any atom is -0.348 e. The number of piperidine rings is 1. The lowest BCUT2D eigenvalue weighted by Crippen LogP contribution is -2.41. The number of sulfonamides is 1. The smallest absolute Gasteiger partial charge is 0.268 e. The predicted octanol–water partition coefficient (Wildman–Crippen LogP) is 1.87. The average Bonchev–Trinajstić information content (AvgIpc) is 3.00. The van der Waals surface area contributed by atoms with Crippen molar-refractivity contribution in [1.29, 1.82) is 0 Å². The van der Waals surface area contributed by atoms with Gasteiger partial charge in [-0.15, -0.1) is 12.4 Å². The molecule has 9 heteroatoms. The van der Waals surface area contributed by atoms with Crippen molar-refractivity contribution in [2.45, 2.75) is 62.4 Å². The average molecular weight is 419 g/mol. The Morgan fingerprint density at radius 2 is 1.89 bits per heavy atom. The molecule has 1 saturated carbocycles. The van der Waals surface area contributed by atoms with E-state index in [1.807, 2.05) is 0 Å². The second-order valence-electron chi connectivity index (χ2n) is 7.87. The molecule has 0 aromatic carbocycles. The van der Waals surface area contributed by atoms with E-state index in [0.717, 1.165) is 38.5 Å². The number of aryl methyl sites for hydroxylation is 1. The molecular formula is C18H31ClN4O3S. The predicted molar refractivity (Wildman–Crippen MR) is 108 cm³/mol. The number of nitrogens with zero attached hydrogens (tertiary/aromatic N) is 2. The molecule has 0 spiro atoms. The summed E-state index contributed by atoms with van der Waals surface area (Å²) in [6.07, 6.45) is 7.03. The van der Waals surface area contributed by atoms with Crippen LogP contribution in [0.15, 0.2) is 17.2 Å². The summed E-state index contributed by atoms with van der Waals surface area (Å²) in [7, 11) is -1.84. The van der Waals surface area contributed by atoms with E-state index >= 15 is 0 Å². The van der Waals surface area contributed by atoms with Crippen LogP contribution in [0.1, 0.15) is 55.9 Å². The highest BCUT2D eigenvalue weighted by Gasteiger charge is 2.31. The molecule has 1 aromatic heterocycles. The Bertz CT molecular complexity index is 757. The van der Waals surface area contributed by atoms with Gasteiger partial charge in [0.25, 0.3) is 5.91 Å². The minimum atomic E-state index is -3.55. The molecule has 2 aliphatic rings. The normalized spacial score (nSPS) is 27.0. The van der Waals surface area contributed by atoms with E-state index in [2.05, 4.69) is 12.2 Å². The van der Waals surface area contributed by atoms with Crippen LogP contribution in [0.5, 0.6) is 0 Å². The topological polar surface area (TPSA) is 97.4 Å². The van der Waals surface area contributed by atoms with Crippen molar-refractivity contribution < 1.29 is 13.2 Å². The number of aromatic nitrogens is 1. The molecule has 27 heavy (non-hydrogen) atoms. The van der Waals surface area contributed by atoms with E-state index in [1.165, 1.54) is 6.07 Å². The Labute approximate surface area is 168 Å². The van der Waals surface area contributed by atoms with Crippen LogP contribution >= 0.6 is 12.4 Å². The van der Waals surface area contributed by atoms with Crippen molar-refractivity contribution in [3.05, 3.63) is 18.0 Å². The molecular weight excluding hydrogens is 388 g/mol. The van der Waals surface area contributed by atoms with Crippen molar-refractivity contribution in [2.75, 3.05) is 13.1 Å². The van der Waals surface area contributed by atoms with Crippen LogP contribution in [0, 0.1) is 5.92 Å². The molecule has 1 amide bonds. The van der Waals surface area contributed by atoms with E-state index in [4.69, 9.17) is 5.73 Å². The van der Waals surface area contributed by atoms with Gasteiger partial charge in [-0.1, -0.05) is 6.92 Å². The van der Waals surface area contributed by atoms with Crippen LogP contribution in [0.2, 0.25) is 0 Å². The van der Waals surface area contributed by atoms with Crippen molar-refractivity contribution in [3.8, 4) is 0 Å². The summed E-state index contributed by atoms with van der Waals surface area (Å²) in [4.78, 5) is 12.8. The number of hydrogen-bond acceptors (Lipinski definition) is 4. The third-order valence-corrected chi connectivity index (χ3v) is 7.41. The number of carbonyl (C=O) groups is 1. The molecule has 1 aromatic rings. The zero-order chi connectivity index (χ0) is 18.9. The number of nitrogens with two attached hydrogens (primary N) is 1. The van der Waals surface area contributed by atoms with Crippen LogP contribution in [-0.2, 0) is 17.1 Å². The van der Waals surface area contributed by atoms with Gasteiger partial charge in [0.05, 0.1) is 0 Å². The monoisotopic (exact) mass is 418 g/mol. The lowest BCUT2D eigenvalue weighted by atomic mass is 9.92. The SMILES string of the molecule is CC1CCCN(S(=O)(=O)c2cc(C(=O)NC3CCC(N)CC3)n(C)c2)C1.Cl. The summed E-state index contributed by atoms with van der Waals surface area (Å²) in [5, 5.41) is 3.02. The van der Waals surface area contributed by atoms with E-state index in [9.17, 15) is 13.2 Å².